The van der Waals surface area contributed by atoms with Crippen LogP contribution < -0.4 is 11.3 Å². The summed E-state index contributed by atoms with van der Waals surface area (Å²) in [6, 6.07) is 0. The summed E-state index contributed by atoms with van der Waals surface area (Å²) in [5.41, 5.74) is 7.22. The Kier molecular flexibility index (Phi) is 4.07. The molecule has 0 aliphatic carbocycles. The molecule has 4 nitrogen and oxygen atoms in total. The highest BCUT2D eigenvalue weighted by molar-refractivity contribution is 5.45. The fourth-order valence-electron chi connectivity index (χ4n) is 2.26. The molecule has 0 saturated carbocycles. The fraction of sp³-hybridized carbons (Fsp3) is 0.769. The van der Waals surface area contributed by atoms with Crippen molar-refractivity contribution in [2.24, 2.45) is 0 Å². The van der Waals surface area contributed by atoms with Crippen LogP contribution in [0.15, 0.2) is 4.79 Å². The first-order chi connectivity index (χ1) is 7.84. The summed E-state index contributed by atoms with van der Waals surface area (Å²) in [6.07, 6.45) is 2.08. The van der Waals surface area contributed by atoms with Gasteiger partial charge in [-0.3, -0.25) is 9.48 Å². The Balaban J connectivity index is 3.37. The minimum absolute atomic E-state index is 0.0368. The molecular formula is C13H25N3O. The Hall–Kier alpha value is -1.19. The Labute approximate surface area is 103 Å². The third kappa shape index (κ3) is 2.56. The smallest absolute Gasteiger partial charge is 0.290 e. The van der Waals surface area contributed by atoms with Gasteiger partial charge in [0, 0.05) is 18.5 Å². The van der Waals surface area contributed by atoms with Gasteiger partial charge in [0.1, 0.15) is 5.69 Å². The van der Waals surface area contributed by atoms with Crippen LogP contribution in [0.4, 0.5) is 5.69 Å². The van der Waals surface area contributed by atoms with E-state index in [0.29, 0.717) is 5.69 Å². The predicted molar refractivity (Wildman–Crippen MR) is 72.4 cm³/mol. The second-order valence-electron chi connectivity index (χ2n) is 5.51. The zero-order valence-electron chi connectivity index (χ0n) is 11.7. The second-order valence-corrected chi connectivity index (χ2v) is 5.51. The van der Waals surface area contributed by atoms with Crippen LogP contribution >= 0.6 is 0 Å². The molecule has 1 aromatic heterocycles. The highest BCUT2D eigenvalue weighted by Gasteiger charge is 2.26. The quantitative estimate of drug-likeness (QED) is 0.877. The second kappa shape index (κ2) is 4.98. The Morgan fingerprint density at radius 3 is 2.18 bits per heavy atom. The van der Waals surface area contributed by atoms with E-state index in [-0.39, 0.29) is 11.0 Å². The van der Waals surface area contributed by atoms with Gasteiger partial charge in [-0.2, -0.15) is 0 Å². The monoisotopic (exact) mass is 239 g/mol. The van der Waals surface area contributed by atoms with Gasteiger partial charge >= 0.3 is 0 Å². The molecule has 2 N–H and O–H groups in total. The van der Waals surface area contributed by atoms with Crippen molar-refractivity contribution >= 4 is 5.69 Å². The van der Waals surface area contributed by atoms with Crippen molar-refractivity contribution in [2.75, 3.05) is 5.73 Å². The van der Waals surface area contributed by atoms with Gasteiger partial charge in [0.05, 0.1) is 5.69 Å². The van der Waals surface area contributed by atoms with Crippen LogP contribution in [0.25, 0.3) is 0 Å². The molecule has 98 valence electrons. The lowest BCUT2D eigenvalue weighted by atomic mass is 9.91. The van der Waals surface area contributed by atoms with E-state index in [4.69, 9.17) is 5.73 Å². The average Bonchev–Trinajstić information content (AvgIpc) is 2.48. The maximum Gasteiger partial charge on any atom is 0.290 e. The number of hydrogen-bond acceptors (Lipinski definition) is 2. The zero-order chi connectivity index (χ0) is 13.2. The minimum Gasteiger partial charge on any atom is -0.393 e. The molecule has 1 aromatic rings. The average molecular weight is 239 g/mol. The zero-order valence-corrected chi connectivity index (χ0v) is 11.7. The van der Waals surface area contributed by atoms with Crippen molar-refractivity contribution in [1.29, 1.82) is 0 Å². The molecule has 0 bridgehead atoms. The summed E-state index contributed by atoms with van der Waals surface area (Å²) in [7, 11) is 0. The number of aromatic nitrogens is 2. The summed E-state index contributed by atoms with van der Waals surface area (Å²) in [4.78, 5) is 12.1. The number of rotatable bonds is 4. The van der Waals surface area contributed by atoms with Crippen LogP contribution in [0.1, 0.15) is 53.2 Å². The lowest BCUT2D eigenvalue weighted by Gasteiger charge is -2.22. The van der Waals surface area contributed by atoms with Gasteiger partial charge in [-0.1, -0.05) is 34.1 Å². The van der Waals surface area contributed by atoms with Gasteiger partial charge in [0.25, 0.3) is 5.56 Å². The number of nitrogens with two attached hydrogens (primary N) is 1. The summed E-state index contributed by atoms with van der Waals surface area (Å²) >= 11 is 0. The highest BCUT2D eigenvalue weighted by Crippen LogP contribution is 2.26. The van der Waals surface area contributed by atoms with Gasteiger partial charge in [0.15, 0.2) is 0 Å². The molecule has 1 rings (SSSR count). The first kappa shape index (κ1) is 13.9. The molecule has 0 amide bonds. The van der Waals surface area contributed by atoms with Crippen LogP contribution in [-0.2, 0) is 18.5 Å². The lowest BCUT2D eigenvalue weighted by Crippen LogP contribution is -2.25. The van der Waals surface area contributed by atoms with Crippen molar-refractivity contribution in [3.63, 3.8) is 0 Å². The molecule has 0 fully saturated rings. The third-order valence-electron chi connectivity index (χ3n) is 3.00. The summed E-state index contributed by atoms with van der Waals surface area (Å²) in [5, 5.41) is 0. The largest absolute Gasteiger partial charge is 0.393 e. The molecule has 0 saturated heterocycles. The van der Waals surface area contributed by atoms with Gasteiger partial charge < -0.3 is 5.73 Å². The molecule has 0 aliphatic heterocycles. The van der Waals surface area contributed by atoms with Crippen molar-refractivity contribution < 1.29 is 0 Å². The number of nitrogen functional groups attached to an aromatic ring is 1. The molecule has 4 heteroatoms. The summed E-state index contributed by atoms with van der Waals surface area (Å²) < 4.78 is 3.83. The van der Waals surface area contributed by atoms with Crippen LogP contribution in [-0.4, -0.2) is 9.36 Å². The number of nitrogens with zero attached hydrogens (tertiary/aromatic N) is 2. The van der Waals surface area contributed by atoms with E-state index in [2.05, 4.69) is 34.6 Å². The van der Waals surface area contributed by atoms with E-state index in [0.717, 1.165) is 31.6 Å². The van der Waals surface area contributed by atoms with Crippen molar-refractivity contribution in [3.05, 3.63) is 16.0 Å². The maximum atomic E-state index is 12.1. The van der Waals surface area contributed by atoms with Crippen molar-refractivity contribution in [2.45, 2.75) is 66.0 Å². The number of anilines is 1. The Morgan fingerprint density at radius 1 is 1.18 bits per heavy atom. The SMILES string of the molecule is CCCCn1c(=O)c(N)c(C(C)(C)C)n1CC. The van der Waals surface area contributed by atoms with Crippen molar-refractivity contribution in [3.8, 4) is 0 Å². The van der Waals surface area contributed by atoms with Crippen LogP contribution in [0.3, 0.4) is 0 Å². The molecule has 1 heterocycles. The maximum absolute atomic E-state index is 12.1. The molecule has 0 atom stereocenters. The Bertz CT molecular complexity index is 435. The van der Waals surface area contributed by atoms with Gasteiger partial charge in [-0.15, -0.1) is 0 Å². The molecule has 17 heavy (non-hydrogen) atoms. The molecule has 0 spiro atoms. The molecule has 0 aliphatic rings. The number of hydrogen-bond donors (Lipinski definition) is 1. The van der Waals surface area contributed by atoms with E-state index in [1.807, 2.05) is 4.68 Å². The van der Waals surface area contributed by atoms with Crippen molar-refractivity contribution in [1.82, 2.24) is 9.36 Å². The predicted octanol–water partition coefficient (Wildman–Crippen LogP) is 2.35. The first-order valence-corrected chi connectivity index (χ1v) is 6.44. The standard InChI is InChI=1S/C13H25N3O/c1-6-8-9-16-12(17)10(14)11(13(3,4)5)15(16)7-2/h6-9,14H2,1-5H3. The minimum atomic E-state index is -0.100. The van der Waals surface area contributed by atoms with Crippen LogP contribution in [0, 0.1) is 0 Å². The fourth-order valence-corrected chi connectivity index (χ4v) is 2.26. The van der Waals surface area contributed by atoms with Gasteiger partial charge in [-0.05, 0) is 13.3 Å². The molecular weight excluding hydrogens is 214 g/mol. The molecule has 0 radical (unpaired) electrons. The third-order valence-corrected chi connectivity index (χ3v) is 3.00. The van der Waals surface area contributed by atoms with Crippen LogP contribution in [0.5, 0.6) is 0 Å². The topological polar surface area (TPSA) is 52.9 Å². The lowest BCUT2D eigenvalue weighted by molar-refractivity contribution is 0.402. The molecule has 0 aromatic carbocycles. The summed E-state index contributed by atoms with van der Waals surface area (Å²) in [6.45, 7) is 12.0. The van der Waals surface area contributed by atoms with E-state index in [9.17, 15) is 4.79 Å². The normalized spacial score (nSPS) is 12.1. The highest BCUT2D eigenvalue weighted by atomic mass is 16.1. The van der Waals surface area contributed by atoms with E-state index < -0.39 is 0 Å². The van der Waals surface area contributed by atoms with E-state index >= 15 is 0 Å². The van der Waals surface area contributed by atoms with Crippen LogP contribution in [0.2, 0.25) is 0 Å². The number of unbranched alkanes of at least 4 members (excludes halogenated alkanes) is 1. The van der Waals surface area contributed by atoms with Gasteiger partial charge in [-0.25, -0.2) is 4.68 Å². The van der Waals surface area contributed by atoms with Gasteiger partial charge in [0.2, 0.25) is 0 Å². The Morgan fingerprint density at radius 2 is 1.76 bits per heavy atom. The van der Waals surface area contributed by atoms with E-state index in [1.54, 1.807) is 4.68 Å². The first-order valence-electron chi connectivity index (χ1n) is 6.44. The van der Waals surface area contributed by atoms with E-state index in [1.165, 1.54) is 0 Å². The summed E-state index contributed by atoms with van der Waals surface area (Å²) in [5.74, 6) is 0. The molecule has 0 unspecified atom stereocenters.